The number of hydrogen-bond donors (Lipinski definition) is 2. The smallest absolute Gasteiger partial charge is 0.338 e. The minimum atomic E-state index is -1.13. The maximum absolute atomic E-state index is 12.0. The average Bonchev–Trinajstić information content (AvgIpc) is 2.40. The number of amides is 1. The summed E-state index contributed by atoms with van der Waals surface area (Å²) < 4.78 is 0. The first-order valence-electron chi connectivity index (χ1n) is 6.16. The van der Waals surface area contributed by atoms with E-state index in [1.54, 1.807) is 0 Å². The molecule has 2 N–H and O–H groups in total. The van der Waals surface area contributed by atoms with Crippen molar-refractivity contribution in [1.29, 1.82) is 0 Å². The molecule has 2 rings (SSSR count). The lowest BCUT2D eigenvalue weighted by Gasteiger charge is -2.22. The van der Waals surface area contributed by atoms with Crippen molar-refractivity contribution < 1.29 is 14.7 Å². The molecule has 1 saturated carbocycles. The number of aromatic carboxylic acids is 1. The van der Waals surface area contributed by atoms with E-state index in [1.165, 1.54) is 24.9 Å². The molecule has 0 aliphatic heterocycles. The molecule has 0 unspecified atom stereocenters. The molecular weight excluding hydrogens is 232 g/mol. The van der Waals surface area contributed by atoms with Gasteiger partial charge in [-0.05, 0) is 18.9 Å². The quantitative estimate of drug-likeness (QED) is 0.855. The number of hydrogen-bond acceptors (Lipinski definition) is 3. The van der Waals surface area contributed by atoms with E-state index in [-0.39, 0.29) is 23.1 Å². The standard InChI is InChI=1S/C13H16N2O3/c16-12(15-9-4-2-1-3-5-9)10-6-7-14-8-11(10)13(17)18/h6-9H,1-5H2,(H,15,16)(H,17,18). The molecule has 96 valence electrons. The fourth-order valence-corrected chi connectivity index (χ4v) is 2.27. The number of nitrogens with zero attached hydrogens (tertiary/aromatic N) is 1. The topological polar surface area (TPSA) is 79.3 Å². The van der Waals surface area contributed by atoms with Crippen molar-refractivity contribution in [3.05, 3.63) is 29.6 Å². The summed E-state index contributed by atoms with van der Waals surface area (Å²) in [4.78, 5) is 26.8. The molecular formula is C13H16N2O3. The second-order valence-corrected chi connectivity index (χ2v) is 4.53. The minimum absolute atomic E-state index is 0.0502. The third-order valence-corrected chi connectivity index (χ3v) is 3.24. The summed E-state index contributed by atoms with van der Waals surface area (Å²) in [5.41, 5.74) is 0.133. The molecule has 0 bridgehead atoms. The summed E-state index contributed by atoms with van der Waals surface area (Å²) >= 11 is 0. The molecule has 18 heavy (non-hydrogen) atoms. The molecule has 1 fully saturated rings. The van der Waals surface area contributed by atoms with Crippen LogP contribution in [0.15, 0.2) is 18.5 Å². The van der Waals surface area contributed by atoms with Crippen molar-refractivity contribution in [1.82, 2.24) is 10.3 Å². The Labute approximate surface area is 105 Å². The van der Waals surface area contributed by atoms with Crippen LogP contribution in [0.2, 0.25) is 0 Å². The molecule has 1 aliphatic carbocycles. The van der Waals surface area contributed by atoms with Crippen molar-refractivity contribution in [3.63, 3.8) is 0 Å². The molecule has 0 saturated heterocycles. The van der Waals surface area contributed by atoms with E-state index < -0.39 is 5.97 Å². The van der Waals surface area contributed by atoms with Crippen LogP contribution in [0.4, 0.5) is 0 Å². The summed E-state index contributed by atoms with van der Waals surface area (Å²) in [6.07, 6.45) is 8.03. The van der Waals surface area contributed by atoms with E-state index in [4.69, 9.17) is 5.11 Å². The van der Waals surface area contributed by atoms with Crippen molar-refractivity contribution >= 4 is 11.9 Å². The normalized spacial score (nSPS) is 16.2. The van der Waals surface area contributed by atoms with E-state index in [0.29, 0.717) is 0 Å². The van der Waals surface area contributed by atoms with Gasteiger partial charge in [-0.1, -0.05) is 19.3 Å². The highest BCUT2D eigenvalue weighted by molar-refractivity contribution is 6.04. The largest absolute Gasteiger partial charge is 0.478 e. The van der Waals surface area contributed by atoms with E-state index in [1.807, 2.05) is 0 Å². The first-order valence-corrected chi connectivity index (χ1v) is 6.16. The molecule has 0 spiro atoms. The van der Waals surface area contributed by atoms with Crippen LogP contribution in [0.3, 0.4) is 0 Å². The van der Waals surface area contributed by atoms with Crippen LogP contribution in [0.25, 0.3) is 0 Å². The highest BCUT2D eigenvalue weighted by Gasteiger charge is 2.20. The van der Waals surface area contributed by atoms with Crippen molar-refractivity contribution in [3.8, 4) is 0 Å². The van der Waals surface area contributed by atoms with Gasteiger partial charge in [0.25, 0.3) is 5.91 Å². The van der Waals surface area contributed by atoms with Crippen LogP contribution >= 0.6 is 0 Å². The lowest BCUT2D eigenvalue weighted by Crippen LogP contribution is -2.36. The van der Waals surface area contributed by atoms with Gasteiger partial charge < -0.3 is 10.4 Å². The van der Waals surface area contributed by atoms with Gasteiger partial charge in [0.2, 0.25) is 0 Å². The molecule has 1 amide bonds. The Bertz CT molecular complexity index is 453. The Morgan fingerprint density at radius 3 is 2.61 bits per heavy atom. The summed E-state index contributed by atoms with van der Waals surface area (Å²) in [6, 6.07) is 1.61. The first-order chi connectivity index (χ1) is 8.68. The molecule has 5 heteroatoms. The molecule has 1 heterocycles. The predicted octanol–water partition coefficient (Wildman–Crippen LogP) is 1.84. The van der Waals surface area contributed by atoms with Crippen LogP contribution in [-0.4, -0.2) is 28.0 Å². The van der Waals surface area contributed by atoms with E-state index >= 15 is 0 Å². The van der Waals surface area contributed by atoms with Gasteiger partial charge in [0, 0.05) is 18.4 Å². The van der Waals surface area contributed by atoms with Crippen molar-refractivity contribution in [2.75, 3.05) is 0 Å². The number of nitrogens with one attached hydrogen (secondary N) is 1. The minimum Gasteiger partial charge on any atom is -0.478 e. The number of carboxylic acid groups (broad SMARTS) is 1. The Kier molecular flexibility index (Phi) is 3.92. The summed E-state index contributed by atoms with van der Waals surface area (Å²) in [7, 11) is 0. The zero-order chi connectivity index (χ0) is 13.0. The second kappa shape index (κ2) is 5.62. The lowest BCUT2D eigenvalue weighted by molar-refractivity contribution is 0.0689. The van der Waals surface area contributed by atoms with E-state index in [2.05, 4.69) is 10.3 Å². The number of carbonyl (C=O) groups excluding carboxylic acids is 1. The fourth-order valence-electron chi connectivity index (χ4n) is 2.27. The zero-order valence-electron chi connectivity index (χ0n) is 10.1. The van der Waals surface area contributed by atoms with Crippen molar-refractivity contribution in [2.45, 2.75) is 38.1 Å². The van der Waals surface area contributed by atoms with Gasteiger partial charge in [0.15, 0.2) is 0 Å². The molecule has 0 aromatic carbocycles. The van der Waals surface area contributed by atoms with Gasteiger partial charge in [0.05, 0.1) is 11.1 Å². The number of rotatable bonds is 3. The number of aromatic nitrogens is 1. The monoisotopic (exact) mass is 248 g/mol. The Morgan fingerprint density at radius 1 is 1.22 bits per heavy atom. The fraction of sp³-hybridized carbons (Fsp3) is 0.462. The van der Waals surface area contributed by atoms with Gasteiger partial charge in [-0.25, -0.2) is 4.79 Å². The van der Waals surface area contributed by atoms with Gasteiger partial charge in [0.1, 0.15) is 0 Å². The molecule has 0 atom stereocenters. The first kappa shape index (κ1) is 12.5. The van der Waals surface area contributed by atoms with Gasteiger partial charge in [-0.15, -0.1) is 0 Å². The number of carbonyl (C=O) groups is 2. The van der Waals surface area contributed by atoms with Gasteiger partial charge in [-0.2, -0.15) is 0 Å². The Hall–Kier alpha value is -1.91. The number of pyridine rings is 1. The van der Waals surface area contributed by atoms with Crippen LogP contribution < -0.4 is 5.32 Å². The molecule has 1 aromatic heterocycles. The highest BCUT2D eigenvalue weighted by atomic mass is 16.4. The third-order valence-electron chi connectivity index (χ3n) is 3.24. The maximum atomic E-state index is 12.0. The van der Waals surface area contributed by atoms with Crippen molar-refractivity contribution in [2.24, 2.45) is 0 Å². The number of carboxylic acids is 1. The Balaban J connectivity index is 2.10. The maximum Gasteiger partial charge on any atom is 0.338 e. The van der Waals surface area contributed by atoms with Crippen LogP contribution in [0.1, 0.15) is 52.8 Å². The van der Waals surface area contributed by atoms with Crippen LogP contribution in [0, 0.1) is 0 Å². The molecule has 1 aromatic rings. The van der Waals surface area contributed by atoms with Gasteiger partial charge >= 0.3 is 5.97 Å². The lowest BCUT2D eigenvalue weighted by atomic mass is 9.95. The average molecular weight is 248 g/mol. The van der Waals surface area contributed by atoms with Gasteiger partial charge in [-0.3, -0.25) is 9.78 Å². The summed E-state index contributed by atoms with van der Waals surface area (Å²) in [6.45, 7) is 0. The molecule has 0 radical (unpaired) electrons. The second-order valence-electron chi connectivity index (χ2n) is 4.53. The third kappa shape index (κ3) is 2.85. The Morgan fingerprint density at radius 2 is 1.94 bits per heavy atom. The van der Waals surface area contributed by atoms with E-state index in [9.17, 15) is 9.59 Å². The van der Waals surface area contributed by atoms with Crippen LogP contribution in [-0.2, 0) is 0 Å². The van der Waals surface area contributed by atoms with E-state index in [0.717, 1.165) is 25.7 Å². The van der Waals surface area contributed by atoms with Crippen LogP contribution in [0.5, 0.6) is 0 Å². The predicted molar refractivity (Wildman–Crippen MR) is 65.5 cm³/mol. The zero-order valence-corrected chi connectivity index (χ0v) is 10.1. The summed E-state index contributed by atoms with van der Waals surface area (Å²) in [5.74, 6) is -1.45. The highest BCUT2D eigenvalue weighted by Crippen LogP contribution is 2.18. The summed E-state index contributed by atoms with van der Waals surface area (Å²) in [5, 5.41) is 11.9. The molecule has 5 nitrogen and oxygen atoms in total. The molecule has 1 aliphatic rings. The SMILES string of the molecule is O=C(O)c1cnccc1C(=O)NC1CCCCC1.